The molecule has 2 rings (SSSR count). The minimum atomic E-state index is 0.0535. The number of methoxy groups -OCH3 is 2. The molecule has 0 atom stereocenters. The van der Waals surface area contributed by atoms with Gasteiger partial charge in [0.1, 0.15) is 6.29 Å². The number of hydrogen-bond acceptors (Lipinski definition) is 4. The molecule has 0 radical (unpaired) electrons. The molecule has 0 spiro atoms. The third-order valence-electron chi connectivity index (χ3n) is 3.48. The molecular formula is C15H19NO4. The second-order valence-electron chi connectivity index (χ2n) is 4.69. The highest BCUT2D eigenvalue weighted by molar-refractivity contribution is 5.95. The third kappa shape index (κ3) is 2.76. The van der Waals surface area contributed by atoms with E-state index in [2.05, 4.69) is 0 Å². The summed E-state index contributed by atoms with van der Waals surface area (Å²) in [5.74, 6) is 1.31. The van der Waals surface area contributed by atoms with Gasteiger partial charge in [0.25, 0.3) is 0 Å². The number of carbonyl (C=O) groups is 2. The van der Waals surface area contributed by atoms with Crippen molar-refractivity contribution in [3.8, 4) is 11.5 Å². The first kappa shape index (κ1) is 14.4. The molecule has 0 saturated heterocycles. The van der Waals surface area contributed by atoms with E-state index in [1.54, 1.807) is 19.1 Å². The largest absolute Gasteiger partial charge is 0.493 e. The summed E-state index contributed by atoms with van der Waals surface area (Å²) < 4.78 is 10.6. The quantitative estimate of drug-likeness (QED) is 0.772. The van der Waals surface area contributed by atoms with Crippen molar-refractivity contribution in [3.63, 3.8) is 0 Å². The van der Waals surface area contributed by atoms with Crippen LogP contribution in [0.3, 0.4) is 0 Å². The lowest BCUT2D eigenvalue weighted by atomic mass is 10.1. The van der Waals surface area contributed by atoms with Crippen LogP contribution in [0, 0.1) is 0 Å². The number of aldehydes is 1. The van der Waals surface area contributed by atoms with Gasteiger partial charge in [0.2, 0.25) is 5.91 Å². The Labute approximate surface area is 118 Å². The number of anilines is 1. The third-order valence-corrected chi connectivity index (χ3v) is 3.48. The van der Waals surface area contributed by atoms with Gasteiger partial charge in [-0.05, 0) is 24.5 Å². The highest BCUT2D eigenvalue weighted by atomic mass is 16.5. The van der Waals surface area contributed by atoms with Crippen molar-refractivity contribution >= 4 is 17.9 Å². The Hall–Kier alpha value is -2.04. The van der Waals surface area contributed by atoms with Gasteiger partial charge >= 0.3 is 0 Å². The molecule has 0 fully saturated rings. The van der Waals surface area contributed by atoms with Gasteiger partial charge in [0.05, 0.1) is 19.9 Å². The summed E-state index contributed by atoms with van der Waals surface area (Å²) in [4.78, 5) is 24.4. The highest BCUT2D eigenvalue weighted by Gasteiger charge is 2.24. The molecule has 1 heterocycles. The smallest absolute Gasteiger partial charge is 0.227 e. The van der Waals surface area contributed by atoms with Crippen molar-refractivity contribution in [3.05, 3.63) is 17.7 Å². The molecule has 108 valence electrons. The fraction of sp³-hybridized carbons (Fsp3) is 0.467. The zero-order chi connectivity index (χ0) is 14.5. The van der Waals surface area contributed by atoms with Crippen LogP contribution in [-0.2, 0) is 16.0 Å². The Morgan fingerprint density at radius 2 is 1.90 bits per heavy atom. The first-order valence-corrected chi connectivity index (χ1v) is 6.70. The fourth-order valence-corrected chi connectivity index (χ4v) is 2.49. The minimum Gasteiger partial charge on any atom is -0.493 e. The molecule has 20 heavy (non-hydrogen) atoms. The van der Waals surface area contributed by atoms with Gasteiger partial charge in [-0.2, -0.15) is 0 Å². The van der Waals surface area contributed by atoms with Gasteiger partial charge < -0.3 is 19.2 Å². The van der Waals surface area contributed by atoms with Crippen LogP contribution in [0.4, 0.5) is 5.69 Å². The van der Waals surface area contributed by atoms with Crippen LogP contribution >= 0.6 is 0 Å². The average Bonchev–Trinajstić information content (AvgIpc) is 2.62. The fourth-order valence-electron chi connectivity index (χ4n) is 2.49. The number of ether oxygens (including phenoxy) is 2. The van der Waals surface area contributed by atoms with Crippen molar-refractivity contribution < 1.29 is 19.1 Å². The zero-order valence-electron chi connectivity index (χ0n) is 11.8. The Morgan fingerprint density at radius 1 is 1.20 bits per heavy atom. The standard InChI is InChI=1S/C15H19NO4/c1-19-13-9-11-5-3-6-15(18)16(7-4-8-17)12(11)10-14(13)20-2/h8-10H,3-7H2,1-2H3. The molecule has 0 aliphatic carbocycles. The van der Waals surface area contributed by atoms with Gasteiger partial charge in [-0.15, -0.1) is 0 Å². The van der Waals surface area contributed by atoms with E-state index in [0.717, 1.165) is 30.4 Å². The molecule has 1 aliphatic rings. The summed E-state index contributed by atoms with van der Waals surface area (Å²) >= 11 is 0. The number of carbonyl (C=O) groups excluding carboxylic acids is 2. The van der Waals surface area contributed by atoms with Crippen LogP contribution < -0.4 is 14.4 Å². The van der Waals surface area contributed by atoms with Gasteiger partial charge in [0, 0.05) is 25.5 Å². The predicted octanol–water partition coefficient (Wildman–Crippen LogP) is 1.96. The second-order valence-corrected chi connectivity index (χ2v) is 4.69. The predicted molar refractivity (Wildman–Crippen MR) is 75.5 cm³/mol. The van der Waals surface area contributed by atoms with Crippen molar-refractivity contribution in [1.29, 1.82) is 0 Å². The monoisotopic (exact) mass is 277 g/mol. The normalized spacial score (nSPS) is 14.5. The maximum absolute atomic E-state index is 12.2. The summed E-state index contributed by atoms with van der Waals surface area (Å²) in [5, 5.41) is 0. The highest BCUT2D eigenvalue weighted by Crippen LogP contribution is 2.37. The SMILES string of the molecule is COc1cc2c(cc1OC)N(CCC=O)C(=O)CCC2. The van der Waals surface area contributed by atoms with Crippen molar-refractivity contribution in [2.45, 2.75) is 25.7 Å². The Morgan fingerprint density at radius 3 is 2.55 bits per heavy atom. The summed E-state index contributed by atoms with van der Waals surface area (Å²) in [6, 6.07) is 3.74. The number of amides is 1. The first-order chi connectivity index (χ1) is 9.71. The van der Waals surface area contributed by atoms with E-state index in [0.29, 0.717) is 30.9 Å². The molecule has 1 aromatic carbocycles. The lowest BCUT2D eigenvalue weighted by Gasteiger charge is -2.23. The number of nitrogens with zero attached hydrogens (tertiary/aromatic N) is 1. The summed E-state index contributed by atoms with van der Waals surface area (Å²) in [6.07, 6.45) is 3.29. The number of rotatable bonds is 5. The molecule has 5 heteroatoms. The molecule has 1 aliphatic heterocycles. The Kier molecular flexibility index (Phi) is 4.61. The molecule has 0 unspecified atom stereocenters. The zero-order valence-corrected chi connectivity index (χ0v) is 11.8. The van der Waals surface area contributed by atoms with E-state index in [9.17, 15) is 9.59 Å². The van der Waals surface area contributed by atoms with Crippen LogP contribution in [0.5, 0.6) is 11.5 Å². The van der Waals surface area contributed by atoms with E-state index in [1.165, 1.54) is 0 Å². The number of fused-ring (bicyclic) bond motifs is 1. The van der Waals surface area contributed by atoms with E-state index in [1.807, 2.05) is 12.1 Å². The van der Waals surface area contributed by atoms with Crippen LogP contribution in [0.25, 0.3) is 0 Å². The van der Waals surface area contributed by atoms with Crippen LogP contribution in [-0.4, -0.2) is 33.0 Å². The van der Waals surface area contributed by atoms with Crippen molar-refractivity contribution in [2.75, 3.05) is 25.7 Å². The lowest BCUT2D eigenvalue weighted by Crippen LogP contribution is -2.31. The first-order valence-electron chi connectivity index (χ1n) is 6.70. The number of aryl methyl sites for hydroxylation is 1. The second kappa shape index (κ2) is 6.41. The molecule has 1 amide bonds. The van der Waals surface area contributed by atoms with E-state index in [4.69, 9.17) is 9.47 Å². The summed E-state index contributed by atoms with van der Waals surface area (Å²) in [7, 11) is 3.16. The maximum atomic E-state index is 12.2. The molecule has 0 N–H and O–H groups in total. The molecular weight excluding hydrogens is 258 g/mol. The minimum absolute atomic E-state index is 0.0535. The Balaban J connectivity index is 2.46. The summed E-state index contributed by atoms with van der Waals surface area (Å²) in [5.41, 5.74) is 1.88. The molecule has 1 aromatic rings. The van der Waals surface area contributed by atoms with E-state index >= 15 is 0 Å². The van der Waals surface area contributed by atoms with Crippen LogP contribution in [0.15, 0.2) is 12.1 Å². The van der Waals surface area contributed by atoms with Gasteiger partial charge in [-0.3, -0.25) is 4.79 Å². The number of hydrogen-bond donors (Lipinski definition) is 0. The lowest BCUT2D eigenvalue weighted by molar-refractivity contribution is -0.118. The van der Waals surface area contributed by atoms with Crippen LogP contribution in [0.2, 0.25) is 0 Å². The summed E-state index contributed by atoms with van der Waals surface area (Å²) in [6.45, 7) is 0.408. The van der Waals surface area contributed by atoms with E-state index in [-0.39, 0.29) is 5.91 Å². The molecule has 0 aromatic heterocycles. The van der Waals surface area contributed by atoms with Crippen molar-refractivity contribution in [1.82, 2.24) is 0 Å². The Bertz CT molecular complexity index is 513. The van der Waals surface area contributed by atoms with Crippen molar-refractivity contribution in [2.24, 2.45) is 0 Å². The van der Waals surface area contributed by atoms with Gasteiger partial charge in [0.15, 0.2) is 11.5 Å². The van der Waals surface area contributed by atoms with Crippen LogP contribution in [0.1, 0.15) is 24.8 Å². The topological polar surface area (TPSA) is 55.8 Å². The molecule has 0 saturated carbocycles. The average molecular weight is 277 g/mol. The van der Waals surface area contributed by atoms with Gasteiger partial charge in [-0.1, -0.05) is 0 Å². The molecule has 5 nitrogen and oxygen atoms in total. The van der Waals surface area contributed by atoms with E-state index < -0.39 is 0 Å². The number of benzene rings is 1. The maximum Gasteiger partial charge on any atom is 0.227 e. The van der Waals surface area contributed by atoms with Gasteiger partial charge in [-0.25, -0.2) is 0 Å². The molecule has 0 bridgehead atoms.